The number of nitrogens with zero attached hydrogens (tertiary/aromatic N) is 1. The van der Waals surface area contributed by atoms with Gasteiger partial charge in [-0.25, -0.2) is 0 Å². The van der Waals surface area contributed by atoms with Gasteiger partial charge in [0.1, 0.15) is 5.75 Å². The van der Waals surface area contributed by atoms with Crippen LogP contribution in [0.5, 0.6) is 5.75 Å². The maximum absolute atomic E-state index is 13.2. The third-order valence-electron chi connectivity index (χ3n) is 5.18. The number of phenols is 1. The molecule has 2 amide bonds. The van der Waals surface area contributed by atoms with Crippen LogP contribution in [0.2, 0.25) is 5.02 Å². The monoisotopic (exact) mass is 557 g/mol. The number of anilines is 1. The molecule has 11 nitrogen and oxygen atoms in total. The van der Waals surface area contributed by atoms with Crippen molar-refractivity contribution < 1.29 is 42.9 Å². The average Bonchev–Trinajstić information content (AvgIpc) is 2.82. The number of aromatic hydroxyl groups is 1. The van der Waals surface area contributed by atoms with E-state index in [9.17, 15) is 42.9 Å². The smallest absolute Gasteiger partial charge is 0.416 e. The van der Waals surface area contributed by atoms with Crippen LogP contribution in [0.25, 0.3) is 0 Å². The van der Waals surface area contributed by atoms with Crippen molar-refractivity contribution in [2.24, 2.45) is 4.99 Å². The summed E-state index contributed by atoms with van der Waals surface area (Å²) in [5.41, 5.74) is -1.05. The first kappa shape index (κ1) is 28.5. The number of aliphatic hydroxyl groups excluding tert-OH is 1. The summed E-state index contributed by atoms with van der Waals surface area (Å²) in [5.74, 6) is -3.00. The van der Waals surface area contributed by atoms with E-state index in [0.717, 1.165) is 12.1 Å². The van der Waals surface area contributed by atoms with Crippen LogP contribution < -0.4 is 21.3 Å². The predicted octanol–water partition coefficient (Wildman–Crippen LogP) is 1.86. The fourth-order valence-electron chi connectivity index (χ4n) is 3.48. The number of carboxylic acid groups (broad SMARTS) is 1. The summed E-state index contributed by atoms with van der Waals surface area (Å²) in [6.45, 7) is -0.235. The van der Waals surface area contributed by atoms with Crippen molar-refractivity contribution >= 4 is 41.0 Å². The lowest BCUT2D eigenvalue weighted by Crippen LogP contribution is -2.42. The van der Waals surface area contributed by atoms with Crippen LogP contribution in [-0.2, 0) is 15.8 Å². The molecule has 204 valence electrons. The summed E-state index contributed by atoms with van der Waals surface area (Å²) in [4.78, 5) is 40.4. The number of rotatable bonds is 8. The van der Waals surface area contributed by atoms with Crippen LogP contribution in [0.1, 0.15) is 33.9 Å². The van der Waals surface area contributed by atoms with Gasteiger partial charge in [0.15, 0.2) is 5.96 Å². The molecule has 2 atom stereocenters. The second kappa shape index (κ2) is 12.0. The number of hydrogen-bond acceptors (Lipinski definition) is 8. The molecule has 1 heterocycles. The number of amides is 2. The first-order valence-corrected chi connectivity index (χ1v) is 11.4. The summed E-state index contributed by atoms with van der Waals surface area (Å²) < 4.78 is 39.5. The van der Waals surface area contributed by atoms with Gasteiger partial charge < -0.3 is 36.6 Å². The number of β-amino-alcohol motifs (C(OH)–C–C–N with tert-alkyl or cyclic N) is 1. The molecule has 15 heteroatoms. The number of phenolic OH excluding ortho intramolecular Hbond substituents is 1. The van der Waals surface area contributed by atoms with Crippen LogP contribution in [0.15, 0.2) is 41.4 Å². The average molecular weight is 558 g/mol. The lowest BCUT2D eigenvalue weighted by Gasteiger charge is -2.20. The number of aliphatic hydroxyl groups is 1. The fourth-order valence-corrected chi connectivity index (χ4v) is 3.72. The van der Waals surface area contributed by atoms with Crippen LogP contribution >= 0.6 is 11.6 Å². The number of guanidine groups is 1. The quantitative estimate of drug-likeness (QED) is 0.258. The lowest BCUT2D eigenvalue weighted by atomic mass is 10.0. The van der Waals surface area contributed by atoms with E-state index < -0.39 is 54.6 Å². The van der Waals surface area contributed by atoms with Crippen molar-refractivity contribution in [3.8, 4) is 5.75 Å². The first-order chi connectivity index (χ1) is 17.8. The van der Waals surface area contributed by atoms with Gasteiger partial charge in [0.05, 0.1) is 37.2 Å². The summed E-state index contributed by atoms with van der Waals surface area (Å²) in [7, 11) is 0. The number of carbonyl (C=O) groups is 3. The van der Waals surface area contributed by atoms with Crippen molar-refractivity contribution in [1.82, 2.24) is 16.0 Å². The molecule has 2 aromatic carbocycles. The van der Waals surface area contributed by atoms with Gasteiger partial charge >= 0.3 is 12.1 Å². The normalized spacial score (nSPS) is 16.0. The zero-order valence-corrected chi connectivity index (χ0v) is 20.2. The molecule has 0 spiro atoms. The Kier molecular flexibility index (Phi) is 9.01. The molecule has 0 radical (unpaired) electrons. The van der Waals surface area contributed by atoms with E-state index in [2.05, 4.69) is 26.3 Å². The standard InChI is InChI=1S/C23H23ClF3N5O6/c24-14-2-11(1-13(5-14)23(25,26)27)18(7-20(36)37)32-19(35)10-28-21(38)12-3-15(6-16(33)4-12)31-22-29-8-17(34)9-30-22/h1-6,17-18,33-34H,7-10H2,(H,28,38)(H,32,35)(H,36,37)(H2,29,30,31). The highest BCUT2D eigenvalue weighted by molar-refractivity contribution is 6.30. The van der Waals surface area contributed by atoms with E-state index in [1.54, 1.807) is 0 Å². The van der Waals surface area contributed by atoms with Crippen LogP contribution in [0.3, 0.4) is 0 Å². The van der Waals surface area contributed by atoms with Crippen LogP contribution in [-0.4, -0.2) is 64.8 Å². The second-order valence-corrected chi connectivity index (χ2v) is 8.73. The molecule has 1 aliphatic heterocycles. The van der Waals surface area contributed by atoms with Gasteiger partial charge in [-0.05, 0) is 35.9 Å². The molecule has 0 aromatic heterocycles. The highest BCUT2D eigenvalue weighted by Gasteiger charge is 2.32. The molecule has 0 saturated carbocycles. The number of aliphatic imine (C=N–C) groups is 1. The van der Waals surface area contributed by atoms with E-state index in [0.29, 0.717) is 18.1 Å². The minimum atomic E-state index is -4.75. The largest absolute Gasteiger partial charge is 0.508 e. The Hall–Kier alpha value is -4.04. The van der Waals surface area contributed by atoms with Crippen molar-refractivity contribution in [2.45, 2.75) is 24.7 Å². The summed E-state index contributed by atoms with van der Waals surface area (Å²) in [6, 6.07) is 4.91. The topological polar surface area (TPSA) is 172 Å². The maximum atomic E-state index is 13.2. The number of carboxylic acids is 1. The second-order valence-electron chi connectivity index (χ2n) is 8.29. The molecule has 0 fully saturated rings. The van der Waals surface area contributed by atoms with Crippen molar-refractivity contribution in [3.05, 3.63) is 58.1 Å². The Balaban J connectivity index is 1.67. The molecule has 2 unspecified atom stereocenters. The number of benzene rings is 2. The summed E-state index contributed by atoms with van der Waals surface area (Å²) >= 11 is 5.77. The molecule has 38 heavy (non-hydrogen) atoms. The van der Waals surface area contributed by atoms with Crippen LogP contribution in [0, 0.1) is 0 Å². The third kappa shape index (κ3) is 8.24. The highest BCUT2D eigenvalue weighted by atomic mass is 35.5. The molecular weight excluding hydrogens is 535 g/mol. The zero-order valence-electron chi connectivity index (χ0n) is 19.5. The molecule has 7 N–H and O–H groups in total. The highest BCUT2D eigenvalue weighted by Crippen LogP contribution is 2.34. The predicted molar refractivity (Wildman–Crippen MR) is 130 cm³/mol. The Morgan fingerprint density at radius 3 is 2.53 bits per heavy atom. The molecule has 0 saturated heterocycles. The van der Waals surface area contributed by atoms with E-state index in [1.165, 1.54) is 12.1 Å². The molecular formula is C23H23ClF3N5O6. The van der Waals surface area contributed by atoms with E-state index in [-0.39, 0.29) is 40.7 Å². The molecule has 1 aliphatic rings. The Morgan fingerprint density at radius 2 is 1.89 bits per heavy atom. The van der Waals surface area contributed by atoms with E-state index in [4.69, 9.17) is 11.6 Å². The van der Waals surface area contributed by atoms with E-state index >= 15 is 0 Å². The number of aliphatic carboxylic acids is 1. The van der Waals surface area contributed by atoms with E-state index in [1.807, 2.05) is 0 Å². The summed E-state index contributed by atoms with van der Waals surface area (Å²) in [6.07, 6.45) is -6.13. The Morgan fingerprint density at radius 1 is 1.16 bits per heavy atom. The SMILES string of the molecule is O=C(O)CC(NC(=O)CNC(=O)c1cc(O)cc(NC2=NCC(O)CN2)c1)c1cc(Cl)cc(C(F)(F)F)c1. The van der Waals surface area contributed by atoms with Gasteiger partial charge in [-0.3, -0.25) is 19.4 Å². The number of halogens is 4. The van der Waals surface area contributed by atoms with Crippen molar-refractivity contribution in [2.75, 3.05) is 25.0 Å². The molecule has 2 aromatic rings. The van der Waals surface area contributed by atoms with Gasteiger partial charge in [0.2, 0.25) is 5.91 Å². The lowest BCUT2D eigenvalue weighted by molar-refractivity contribution is -0.138. The van der Waals surface area contributed by atoms with Gasteiger partial charge in [0.25, 0.3) is 5.91 Å². The van der Waals surface area contributed by atoms with Gasteiger partial charge in [-0.1, -0.05) is 11.6 Å². The van der Waals surface area contributed by atoms with Gasteiger partial charge in [0, 0.05) is 28.9 Å². The van der Waals surface area contributed by atoms with Crippen molar-refractivity contribution in [1.29, 1.82) is 0 Å². The Labute approximate surface area is 218 Å². The minimum Gasteiger partial charge on any atom is -0.508 e. The van der Waals surface area contributed by atoms with Crippen molar-refractivity contribution in [3.63, 3.8) is 0 Å². The molecule has 0 aliphatic carbocycles. The summed E-state index contributed by atoms with van der Waals surface area (Å²) in [5, 5.41) is 38.6. The maximum Gasteiger partial charge on any atom is 0.416 e. The first-order valence-electron chi connectivity index (χ1n) is 11.0. The Bertz CT molecular complexity index is 1260. The number of nitrogens with one attached hydrogen (secondary N) is 4. The zero-order chi connectivity index (χ0) is 28.0. The van der Waals surface area contributed by atoms with Gasteiger partial charge in [-0.2, -0.15) is 13.2 Å². The molecule has 0 bridgehead atoms. The van der Waals surface area contributed by atoms with Crippen LogP contribution in [0.4, 0.5) is 18.9 Å². The third-order valence-corrected chi connectivity index (χ3v) is 5.40. The minimum absolute atomic E-state index is 0.0384. The van der Waals surface area contributed by atoms with Gasteiger partial charge in [-0.15, -0.1) is 0 Å². The number of hydrogen-bond donors (Lipinski definition) is 7. The molecule has 3 rings (SSSR count). The fraction of sp³-hybridized carbons (Fsp3) is 0.304. The number of carbonyl (C=O) groups excluding carboxylic acids is 2. The number of alkyl halides is 3.